The van der Waals surface area contributed by atoms with Gasteiger partial charge in [0.2, 0.25) is 0 Å². The summed E-state index contributed by atoms with van der Waals surface area (Å²) in [4.78, 5) is 23.1. The number of rotatable bonds is 5. The second kappa shape index (κ2) is 7.79. The van der Waals surface area contributed by atoms with Crippen molar-refractivity contribution in [2.24, 2.45) is 0 Å². The fraction of sp³-hybridized carbons (Fsp3) is 0.125. The van der Waals surface area contributed by atoms with Gasteiger partial charge in [-0.1, -0.05) is 6.07 Å². The van der Waals surface area contributed by atoms with Gasteiger partial charge in [0.05, 0.1) is 0 Å². The molecule has 2 rings (SSSR count). The zero-order chi connectivity index (χ0) is 16.7. The minimum Gasteiger partial charge on any atom is -0.484 e. The lowest BCUT2D eigenvalue weighted by Crippen LogP contribution is -2.24. The van der Waals surface area contributed by atoms with Crippen LogP contribution in [0.5, 0.6) is 5.75 Å². The maximum absolute atomic E-state index is 12.8. The molecular weight excluding hydrogens is 301 g/mol. The van der Waals surface area contributed by atoms with Crippen LogP contribution in [-0.4, -0.2) is 25.6 Å². The number of anilines is 2. The van der Waals surface area contributed by atoms with E-state index in [0.29, 0.717) is 17.1 Å². The minimum absolute atomic E-state index is 0.210. The third-order valence-electron chi connectivity index (χ3n) is 2.81. The minimum atomic E-state index is -0.373. The summed E-state index contributed by atoms with van der Waals surface area (Å²) in [5.74, 6) is -0.342. The van der Waals surface area contributed by atoms with Crippen LogP contribution in [0.15, 0.2) is 48.5 Å². The number of urea groups is 1. The third-order valence-corrected chi connectivity index (χ3v) is 2.81. The molecule has 3 amide bonds. The smallest absolute Gasteiger partial charge is 0.318 e. The van der Waals surface area contributed by atoms with Crippen LogP contribution in [0.1, 0.15) is 0 Å². The first-order chi connectivity index (χ1) is 11.1. The van der Waals surface area contributed by atoms with Gasteiger partial charge >= 0.3 is 6.03 Å². The molecule has 0 aliphatic rings. The van der Waals surface area contributed by atoms with Crippen LogP contribution in [0.4, 0.5) is 20.6 Å². The van der Waals surface area contributed by atoms with Crippen LogP contribution in [0.2, 0.25) is 0 Å². The summed E-state index contributed by atoms with van der Waals surface area (Å²) in [6.45, 7) is -0.210. The predicted molar refractivity (Wildman–Crippen MR) is 85.0 cm³/mol. The molecule has 0 aliphatic heterocycles. The van der Waals surface area contributed by atoms with Crippen molar-refractivity contribution in [1.82, 2.24) is 5.32 Å². The van der Waals surface area contributed by atoms with Crippen molar-refractivity contribution in [3.63, 3.8) is 0 Å². The average Bonchev–Trinajstić information content (AvgIpc) is 2.54. The molecule has 0 spiro atoms. The van der Waals surface area contributed by atoms with Crippen LogP contribution in [0.3, 0.4) is 0 Å². The van der Waals surface area contributed by atoms with E-state index in [1.165, 1.54) is 31.3 Å². The number of hydrogen-bond acceptors (Lipinski definition) is 3. The SMILES string of the molecule is CNC(=O)Nc1cccc(NC(=O)COc2ccc(F)cc2)c1. The molecule has 7 heteroatoms. The first kappa shape index (κ1) is 16.3. The number of benzene rings is 2. The predicted octanol–water partition coefficient (Wildman–Crippen LogP) is 2.59. The number of amides is 3. The van der Waals surface area contributed by atoms with Gasteiger partial charge < -0.3 is 20.7 Å². The van der Waals surface area contributed by atoms with E-state index in [4.69, 9.17) is 4.74 Å². The van der Waals surface area contributed by atoms with Crippen molar-refractivity contribution in [1.29, 1.82) is 0 Å². The van der Waals surface area contributed by atoms with Crippen molar-refractivity contribution in [2.45, 2.75) is 0 Å². The van der Waals surface area contributed by atoms with Crippen molar-refractivity contribution in [3.8, 4) is 5.75 Å². The van der Waals surface area contributed by atoms with E-state index in [2.05, 4.69) is 16.0 Å². The van der Waals surface area contributed by atoms with Gasteiger partial charge in [0.1, 0.15) is 11.6 Å². The third kappa shape index (κ3) is 5.31. The lowest BCUT2D eigenvalue weighted by atomic mass is 10.2. The zero-order valence-electron chi connectivity index (χ0n) is 12.4. The molecule has 23 heavy (non-hydrogen) atoms. The number of carbonyl (C=O) groups is 2. The molecule has 0 atom stereocenters. The highest BCUT2D eigenvalue weighted by molar-refractivity contribution is 5.94. The first-order valence-corrected chi connectivity index (χ1v) is 6.84. The van der Waals surface area contributed by atoms with Gasteiger partial charge in [-0.3, -0.25) is 4.79 Å². The average molecular weight is 317 g/mol. The molecule has 120 valence electrons. The molecule has 0 heterocycles. The number of nitrogens with one attached hydrogen (secondary N) is 3. The lowest BCUT2D eigenvalue weighted by molar-refractivity contribution is -0.118. The number of hydrogen-bond donors (Lipinski definition) is 3. The van der Waals surface area contributed by atoms with E-state index in [1.807, 2.05) is 0 Å². The van der Waals surface area contributed by atoms with Gasteiger partial charge in [-0.15, -0.1) is 0 Å². The maximum Gasteiger partial charge on any atom is 0.318 e. The molecule has 3 N–H and O–H groups in total. The van der Waals surface area contributed by atoms with Crippen LogP contribution >= 0.6 is 0 Å². The van der Waals surface area contributed by atoms with E-state index >= 15 is 0 Å². The number of ether oxygens (including phenoxy) is 1. The molecule has 6 nitrogen and oxygen atoms in total. The molecule has 0 unspecified atom stereocenters. The molecule has 2 aromatic carbocycles. The summed E-state index contributed by atoms with van der Waals surface area (Å²) >= 11 is 0. The van der Waals surface area contributed by atoms with Gasteiger partial charge in [-0.05, 0) is 42.5 Å². The van der Waals surface area contributed by atoms with Gasteiger partial charge in [0.25, 0.3) is 5.91 Å². The van der Waals surface area contributed by atoms with E-state index in [0.717, 1.165) is 0 Å². The van der Waals surface area contributed by atoms with Crippen LogP contribution in [0.25, 0.3) is 0 Å². The van der Waals surface area contributed by atoms with E-state index in [1.54, 1.807) is 24.3 Å². The standard InChI is InChI=1S/C16H16FN3O3/c1-18-16(22)20-13-4-2-3-12(9-13)19-15(21)10-23-14-7-5-11(17)6-8-14/h2-9H,10H2,1H3,(H,19,21)(H2,18,20,22). The number of carbonyl (C=O) groups excluding carboxylic acids is 2. The largest absolute Gasteiger partial charge is 0.484 e. The highest BCUT2D eigenvalue weighted by Crippen LogP contribution is 2.15. The van der Waals surface area contributed by atoms with Crippen molar-refractivity contribution in [2.75, 3.05) is 24.3 Å². The van der Waals surface area contributed by atoms with Crippen molar-refractivity contribution < 1.29 is 18.7 Å². The molecule has 0 aromatic heterocycles. The van der Waals surface area contributed by atoms with Gasteiger partial charge in [0, 0.05) is 18.4 Å². The second-order valence-corrected chi connectivity index (χ2v) is 4.58. The van der Waals surface area contributed by atoms with Crippen molar-refractivity contribution in [3.05, 3.63) is 54.3 Å². The summed E-state index contributed by atoms with van der Waals surface area (Å²) in [6.07, 6.45) is 0. The van der Waals surface area contributed by atoms with E-state index in [9.17, 15) is 14.0 Å². The van der Waals surface area contributed by atoms with Gasteiger partial charge in [-0.25, -0.2) is 9.18 Å². The maximum atomic E-state index is 12.8. The molecule has 0 bridgehead atoms. The Kier molecular flexibility index (Phi) is 5.51. The normalized spacial score (nSPS) is 9.83. The molecular formula is C16H16FN3O3. The monoisotopic (exact) mass is 317 g/mol. The lowest BCUT2D eigenvalue weighted by Gasteiger charge is -2.09. The first-order valence-electron chi connectivity index (χ1n) is 6.84. The zero-order valence-corrected chi connectivity index (χ0v) is 12.4. The van der Waals surface area contributed by atoms with Gasteiger partial charge in [0.15, 0.2) is 6.61 Å². The Hall–Kier alpha value is -3.09. The summed E-state index contributed by atoms with van der Waals surface area (Å²) in [6, 6.07) is 11.7. The Morgan fingerprint density at radius 1 is 1.04 bits per heavy atom. The topological polar surface area (TPSA) is 79.5 Å². The fourth-order valence-corrected chi connectivity index (χ4v) is 1.75. The Morgan fingerprint density at radius 2 is 1.70 bits per heavy atom. The quantitative estimate of drug-likeness (QED) is 0.793. The number of halogens is 1. The molecule has 0 saturated carbocycles. The molecule has 0 aliphatic carbocycles. The van der Waals surface area contributed by atoms with Gasteiger partial charge in [-0.2, -0.15) is 0 Å². The Morgan fingerprint density at radius 3 is 2.35 bits per heavy atom. The van der Waals surface area contributed by atoms with E-state index in [-0.39, 0.29) is 24.4 Å². The highest BCUT2D eigenvalue weighted by Gasteiger charge is 2.05. The Balaban J connectivity index is 1.88. The molecule has 0 fully saturated rings. The summed E-state index contributed by atoms with van der Waals surface area (Å²) in [7, 11) is 1.51. The molecule has 2 aromatic rings. The van der Waals surface area contributed by atoms with Crippen LogP contribution < -0.4 is 20.7 Å². The molecule has 0 radical (unpaired) electrons. The van der Waals surface area contributed by atoms with Crippen molar-refractivity contribution >= 4 is 23.3 Å². The Labute approximate surface area is 132 Å². The van der Waals surface area contributed by atoms with Crippen LogP contribution in [-0.2, 0) is 4.79 Å². The van der Waals surface area contributed by atoms with E-state index < -0.39 is 0 Å². The molecule has 0 saturated heterocycles. The Bertz CT molecular complexity index is 689. The summed E-state index contributed by atoms with van der Waals surface area (Å²) < 4.78 is 18.0. The summed E-state index contributed by atoms with van der Waals surface area (Å²) in [5, 5.41) is 7.68. The van der Waals surface area contributed by atoms with Crippen LogP contribution in [0, 0.1) is 5.82 Å². The summed E-state index contributed by atoms with van der Waals surface area (Å²) in [5.41, 5.74) is 1.06. The second-order valence-electron chi connectivity index (χ2n) is 4.58. The highest BCUT2D eigenvalue weighted by atomic mass is 19.1. The fourth-order valence-electron chi connectivity index (χ4n) is 1.75.